The van der Waals surface area contributed by atoms with Gasteiger partial charge < -0.3 is 70.8 Å². The number of hydrogen-bond donors (Lipinski definition) is 11. The van der Waals surface area contributed by atoms with Gasteiger partial charge in [0.15, 0.2) is 6.29 Å². The molecule has 0 radical (unpaired) electrons. The molecule has 2 amide bonds. The fourth-order valence-electron chi connectivity index (χ4n) is 3.97. The minimum Gasteiger partial charge on any atom is -0.477 e. The molecule has 17 heteroatoms. The second-order valence-electron chi connectivity index (χ2n) is 8.49. The first-order valence-electron chi connectivity index (χ1n) is 10.8. The van der Waals surface area contributed by atoms with Crippen molar-refractivity contribution in [2.75, 3.05) is 19.8 Å². The molecule has 0 spiro atoms. The third-order valence-electron chi connectivity index (χ3n) is 5.86. The van der Waals surface area contributed by atoms with Gasteiger partial charge in [0.2, 0.25) is 11.8 Å². The molecule has 36 heavy (non-hydrogen) atoms. The van der Waals surface area contributed by atoms with Gasteiger partial charge in [-0.25, -0.2) is 4.79 Å². The van der Waals surface area contributed by atoms with Crippen LogP contribution in [0, 0.1) is 0 Å². The number of carbonyl (C=O) groups is 3. The molecule has 17 nitrogen and oxygen atoms in total. The maximum absolute atomic E-state index is 12.1. The van der Waals surface area contributed by atoms with Gasteiger partial charge in [-0.1, -0.05) is 0 Å². The van der Waals surface area contributed by atoms with Crippen molar-refractivity contribution in [2.24, 2.45) is 0 Å². The molecule has 2 saturated heterocycles. The number of carboxylic acid groups (broad SMARTS) is 1. The normalized spacial score (nSPS) is 38.6. The zero-order chi connectivity index (χ0) is 27.4. The Morgan fingerprint density at radius 2 is 1.69 bits per heavy atom. The number of amides is 2. The average Bonchev–Trinajstić information content (AvgIpc) is 2.83. The van der Waals surface area contributed by atoms with E-state index in [4.69, 9.17) is 24.4 Å². The Labute approximate surface area is 203 Å². The molecule has 11 N–H and O–H groups in total. The first-order valence-corrected chi connectivity index (χ1v) is 10.8. The van der Waals surface area contributed by atoms with E-state index in [1.807, 2.05) is 0 Å². The lowest BCUT2D eigenvalue weighted by Crippen LogP contribution is -2.69. The number of hydrogen-bond acceptors (Lipinski definition) is 14. The van der Waals surface area contributed by atoms with E-state index < -0.39 is 111 Å². The van der Waals surface area contributed by atoms with Crippen molar-refractivity contribution in [3.05, 3.63) is 0 Å². The van der Waals surface area contributed by atoms with E-state index in [0.717, 1.165) is 6.92 Å². The Hall–Kier alpha value is -2.03. The van der Waals surface area contributed by atoms with Crippen LogP contribution in [0.2, 0.25) is 0 Å². The van der Waals surface area contributed by atoms with E-state index in [2.05, 4.69) is 10.6 Å². The highest BCUT2D eigenvalue weighted by atomic mass is 16.7. The lowest BCUT2D eigenvalue weighted by atomic mass is 9.88. The van der Waals surface area contributed by atoms with Crippen LogP contribution < -0.4 is 10.6 Å². The molecule has 2 heterocycles. The number of aliphatic hydroxyl groups is 8. The molecule has 2 fully saturated rings. The average molecular weight is 528 g/mol. The highest BCUT2D eigenvalue weighted by Gasteiger charge is 2.56. The Bertz CT molecular complexity index is 786. The van der Waals surface area contributed by atoms with Crippen LogP contribution in [0.1, 0.15) is 13.3 Å². The third kappa shape index (κ3) is 6.64. The molecule has 0 bridgehead atoms. The first kappa shape index (κ1) is 30.2. The number of carbonyl (C=O) groups excluding carboxylic acids is 2. The van der Waals surface area contributed by atoms with Gasteiger partial charge in [-0.05, 0) is 0 Å². The summed E-state index contributed by atoms with van der Waals surface area (Å²) in [5.74, 6) is -6.28. The topological polar surface area (TPSA) is 285 Å². The van der Waals surface area contributed by atoms with Crippen LogP contribution in [0.25, 0.3) is 0 Å². The van der Waals surface area contributed by atoms with E-state index in [1.54, 1.807) is 0 Å². The molecule has 2 aliphatic heterocycles. The quantitative estimate of drug-likeness (QED) is 0.126. The molecule has 2 rings (SSSR count). The van der Waals surface area contributed by atoms with Gasteiger partial charge in [-0.15, -0.1) is 0 Å². The fraction of sp³-hybridized carbons (Fsp3) is 0.842. The van der Waals surface area contributed by atoms with Crippen molar-refractivity contribution in [2.45, 2.75) is 80.2 Å². The molecular formula is C19H32N2O15. The van der Waals surface area contributed by atoms with Crippen molar-refractivity contribution in [1.82, 2.24) is 10.6 Å². The van der Waals surface area contributed by atoms with Crippen molar-refractivity contribution < 1.29 is 74.6 Å². The van der Waals surface area contributed by atoms with Crippen molar-refractivity contribution in [3.8, 4) is 0 Å². The predicted octanol–water partition coefficient (Wildman–Crippen LogP) is -6.93. The number of nitrogens with one attached hydrogen (secondary N) is 2. The number of aliphatic carboxylic acids is 1. The highest BCUT2D eigenvalue weighted by Crippen LogP contribution is 2.34. The maximum Gasteiger partial charge on any atom is 0.364 e. The maximum atomic E-state index is 12.1. The molecule has 208 valence electrons. The van der Waals surface area contributed by atoms with Crippen LogP contribution in [0.15, 0.2) is 0 Å². The summed E-state index contributed by atoms with van der Waals surface area (Å²) in [6.07, 6.45) is -15.5. The van der Waals surface area contributed by atoms with E-state index in [1.165, 1.54) is 0 Å². The minimum atomic E-state index is -2.77. The van der Waals surface area contributed by atoms with Gasteiger partial charge in [0.05, 0.1) is 25.4 Å². The Balaban J connectivity index is 2.26. The molecule has 0 saturated carbocycles. The number of aliphatic hydroxyl groups excluding tert-OH is 8. The monoisotopic (exact) mass is 528 g/mol. The SMILES string of the molecule is CC(=O)N[C@@H]1[C@@H](O)[C@@H](O)[C@@H](CO[C@]2(C(=O)O)C[C@H](O)[C@@H](NC(=O)CO)[C@H]([C@H](O)[C@H](O)CO)O2)O[C@H]1O. The summed E-state index contributed by atoms with van der Waals surface area (Å²) in [6.45, 7) is -1.80. The first-order chi connectivity index (χ1) is 16.8. The lowest BCUT2D eigenvalue weighted by molar-refractivity contribution is -0.328. The number of carboxylic acids is 1. The second-order valence-corrected chi connectivity index (χ2v) is 8.49. The van der Waals surface area contributed by atoms with Crippen molar-refractivity contribution in [3.63, 3.8) is 0 Å². The molecule has 0 aromatic heterocycles. The van der Waals surface area contributed by atoms with Gasteiger partial charge in [-0.3, -0.25) is 9.59 Å². The van der Waals surface area contributed by atoms with Crippen LogP contribution in [0.5, 0.6) is 0 Å². The molecule has 0 aliphatic carbocycles. The van der Waals surface area contributed by atoms with Gasteiger partial charge in [0.1, 0.15) is 49.3 Å². The summed E-state index contributed by atoms with van der Waals surface area (Å²) in [6, 6.07) is -2.97. The molecule has 0 aromatic rings. The second kappa shape index (κ2) is 12.5. The zero-order valence-electron chi connectivity index (χ0n) is 19.1. The van der Waals surface area contributed by atoms with Crippen molar-refractivity contribution >= 4 is 17.8 Å². The van der Waals surface area contributed by atoms with E-state index >= 15 is 0 Å². The van der Waals surface area contributed by atoms with Crippen LogP contribution >= 0.6 is 0 Å². The predicted molar refractivity (Wildman–Crippen MR) is 110 cm³/mol. The number of rotatable bonds is 10. The molecule has 2 aliphatic rings. The Morgan fingerprint density at radius 1 is 1.06 bits per heavy atom. The summed E-state index contributed by atoms with van der Waals surface area (Å²) >= 11 is 0. The van der Waals surface area contributed by atoms with E-state index in [0.29, 0.717) is 0 Å². The third-order valence-corrected chi connectivity index (χ3v) is 5.86. The Kier molecular flexibility index (Phi) is 10.5. The standard InChI is InChI=1S/C19H32N2O15/c1-6(24)20-12-15(30)14(29)9(35-17(12)31)5-34-19(18(32)33)2-7(25)11(21-10(27)4-23)16(36-19)13(28)8(26)3-22/h7-9,11-17,22-23,25-26,28-31H,2-5H2,1H3,(H,20,24)(H,21,27)(H,32,33)/t7-,8+,9+,11+,12+,13+,14-,15+,16+,17+,19+/m0/s1. The molecule has 0 aromatic carbocycles. The lowest BCUT2D eigenvalue weighted by Gasteiger charge is -2.47. The van der Waals surface area contributed by atoms with E-state index in [9.17, 15) is 50.1 Å². The van der Waals surface area contributed by atoms with Crippen LogP contribution in [-0.2, 0) is 28.6 Å². The highest BCUT2D eigenvalue weighted by molar-refractivity contribution is 5.78. The molecule has 11 atom stereocenters. The Morgan fingerprint density at radius 3 is 2.22 bits per heavy atom. The molecule has 0 unspecified atom stereocenters. The van der Waals surface area contributed by atoms with Gasteiger partial charge in [-0.2, -0.15) is 0 Å². The summed E-state index contributed by atoms with van der Waals surface area (Å²) in [5, 5.41) is 93.7. The summed E-state index contributed by atoms with van der Waals surface area (Å²) in [7, 11) is 0. The van der Waals surface area contributed by atoms with Gasteiger partial charge in [0, 0.05) is 13.3 Å². The van der Waals surface area contributed by atoms with Crippen LogP contribution in [-0.4, -0.2) is 150 Å². The van der Waals surface area contributed by atoms with Gasteiger partial charge >= 0.3 is 5.97 Å². The van der Waals surface area contributed by atoms with Crippen LogP contribution in [0.4, 0.5) is 0 Å². The fourth-order valence-corrected chi connectivity index (χ4v) is 3.97. The summed E-state index contributed by atoms with van der Waals surface area (Å²) < 4.78 is 15.8. The largest absolute Gasteiger partial charge is 0.477 e. The zero-order valence-corrected chi connectivity index (χ0v) is 19.1. The summed E-state index contributed by atoms with van der Waals surface area (Å²) in [5.41, 5.74) is 0. The van der Waals surface area contributed by atoms with Crippen molar-refractivity contribution in [1.29, 1.82) is 0 Å². The van der Waals surface area contributed by atoms with Crippen LogP contribution in [0.3, 0.4) is 0 Å². The molecular weight excluding hydrogens is 496 g/mol. The summed E-state index contributed by atoms with van der Waals surface area (Å²) in [4.78, 5) is 35.0. The minimum absolute atomic E-state index is 0.643. The smallest absolute Gasteiger partial charge is 0.364 e. The van der Waals surface area contributed by atoms with E-state index in [-0.39, 0.29) is 0 Å². The van der Waals surface area contributed by atoms with Gasteiger partial charge in [0.25, 0.3) is 5.79 Å². The number of ether oxygens (including phenoxy) is 3.